The van der Waals surface area contributed by atoms with Crippen molar-refractivity contribution >= 4 is 39.1 Å². The number of nitrogens with zero attached hydrogens (tertiary/aromatic N) is 2. The maximum absolute atomic E-state index is 14.2. The third kappa shape index (κ3) is 4.15. The van der Waals surface area contributed by atoms with Gasteiger partial charge in [0.2, 0.25) is 0 Å². The highest BCUT2D eigenvalue weighted by atomic mass is 35.5. The molecule has 0 aliphatic carbocycles. The maximum atomic E-state index is 14.2. The number of carbonyl (C=O) groups excluding carboxylic acids is 1. The number of benzene rings is 2. The van der Waals surface area contributed by atoms with Crippen molar-refractivity contribution in [3.63, 3.8) is 0 Å². The SMILES string of the molecule is COCCn1c(=NC(=O)Cc2ccc(Cl)cc2)sc2cccc(F)c21. The summed E-state index contributed by atoms with van der Waals surface area (Å²) < 4.78 is 21.7. The number of para-hydroxylation sites is 1. The zero-order chi connectivity index (χ0) is 17.8. The monoisotopic (exact) mass is 378 g/mol. The Morgan fingerprint density at radius 3 is 2.76 bits per heavy atom. The third-order valence-corrected chi connectivity index (χ3v) is 4.96. The molecule has 1 amide bonds. The summed E-state index contributed by atoms with van der Waals surface area (Å²) >= 11 is 7.14. The number of halogens is 2. The zero-order valence-corrected chi connectivity index (χ0v) is 15.1. The van der Waals surface area contributed by atoms with Crippen LogP contribution in [0.15, 0.2) is 47.5 Å². The highest BCUT2D eigenvalue weighted by molar-refractivity contribution is 7.16. The van der Waals surface area contributed by atoms with Gasteiger partial charge in [-0.15, -0.1) is 0 Å². The van der Waals surface area contributed by atoms with E-state index in [1.54, 1.807) is 42.0 Å². The Kier molecular flexibility index (Phi) is 5.63. The molecule has 0 atom stereocenters. The van der Waals surface area contributed by atoms with Crippen LogP contribution in [0.1, 0.15) is 5.56 Å². The second kappa shape index (κ2) is 7.91. The van der Waals surface area contributed by atoms with Crippen molar-refractivity contribution in [2.45, 2.75) is 13.0 Å². The summed E-state index contributed by atoms with van der Waals surface area (Å²) in [7, 11) is 1.58. The van der Waals surface area contributed by atoms with Crippen LogP contribution in [0.2, 0.25) is 5.02 Å². The molecule has 0 saturated heterocycles. The van der Waals surface area contributed by atoms with E-state index in [4.69, 9.17) is 16.3 Å². The van der Waals surface area contributed by atoms with Gasteiger partial charge in [0.1, 0.15) is 5.82 Å². The molecule has 25 heavy (non-hydrogen) atoms. The predicted molar refractivity (Wildman–Crippen MR) is 97.4 cm³/mol. The minimum absolute atomic E-state index is 0.165. The molecular formula is C18H16ClFN2O2S. The number of aromatic nitrogens is 1. The van der Waals surface area contributed by atoms with Crippen molar-refractivity contribution in [2.75, 3.05) is 13.7 Å². The molecule has 0 aliphatic heterocycles. The van der Waals surface area contributed by atoms with Crippen molar-refractivity contribution in [1.82, 2.24) is 4.57 Å². The number of amides is 1. The first-order valence-corrected chi connectivity index (χ1v) is 8.86. The van der Waals surface area contributed by atoms with Crippen LogP contribution >= 0.6 is 22.9 Å². The number of hydrogen-bond donors (Lipinski definition) is 0. The Hall–Kier alpha value is -2.02. The summed E-state index contributed by atoms with van der Waals surface area (Å²) in [6, 6.07) is 11.9. The lowest BCUT2D eigenvalue weighted by Crippen LogP contribution is -2.20. The Morgan fingerprint density at radius 2 is 2.04 bits per heavy atom. The van der Waals surface area contributed by atoms with E-state index >= 15 is 0 Å². The fourth-order valence-electron chi connectivity index (χ4n) is 2.49. The van der Waals surface area contributed by atoms with Crippen molar-refractivity contribution in [1.29, 1.82) is 0 Å². The Labute approximate surface area is 153 Å². The van der Waals surface area contributed by atoms with Gasteiger partial charge in [-0.05, 0) is 29.8 Å². The summed E-state index contributed by atoms with van der Waals surface area (Å²) in [5, 5.41) is 0.616. The predicted octanol–water partition coefficient (Wildman–Crippen LogP) is 3.81. The van der Waals surface area contributed by atoms with Crippen LogP contribution in [0.4, 0.5) is 4.39 Å². The Balaban J connectivity index is 1.98. The molecule has 0 fully saturated rings. The van der Waals surface area contributed by atoms with E-state index in [9.17, 15) is 9.18 Å². The largest absolute Gasteiger partial charge is 0.383 e. The van der Waals surface area contributed by atoms with E-state index in [0.717, 1.165) is 10.3 Å². The summed E-state index contributed by atoms with van der Waals surface area (Å²) in [4.78, 5) is 17.0. The minimum Gasteiger partial charge on any atom is -0.383 e. The zero-order valence-electron chi connectivity index (χ0n) is 13.5. The first-order chi connectivity index (χ1) is 12.1. The number of methoxy groups -OCH3 is 1. The van der Waals surface area contributed by atoms with Gasteiger partial charge >= 0.3 is 0 Å². The number of hydrogen-bond acceptors (Lipinski definition) is 3. The summed E-state index contributed by atoms with van der Waals surface area (Å²) in [5.74, 6) is -0.628. The topological polar surface area (TPSA) is 43.6 Å². The molecule has 130 valence electrons. The van der Waals surface area contributed by atoms with E-state index in [2.05, 4.69) is 4.99 Å². The number of fused-ring (bicyclic) bond motifs is 1. The van der Waals surface area contributed by atoms with E-state index in [-0.39, 0.29) is 18.1 Å². The average Bonchev–Trinajstić information content (AvgIpc) is 2.93. The van der Waals surface area contributed by atoms with E-state index in [1.807, 2.05) is 6.07 Å². The van der Waals surface area contributed by atoms with Gasteiger partial charge in [-0.2, -0.15) is 4.99 Å². The van der Waals surface area contributed by atoms with Crippen LogP contribution in [0.5, 0.6) is 0 Å². The molecule has 0 radical (unpaired) electrons. The molecule has 0 N–H and O–H groups in total. The van der Waals surface area contributed by atoms with Crippen LogP contribution in [0, 0.1) is 5.82 Å². The fraction of sp³-hybridized carbons (Fsp3) is 0.222. The highest BCUT2D eigenvalue weighted by Crippen LogP contribution is 2.20. The molecule has 0 unspecified atom stereocenters. The van der Waals surface area contributed by atoms with Crippen LogP contribution in [0.25, 0.3) is 10.2 Å². The molecule has 1 aromatic heterocycles. The van der Waals surface area contributed by atoms with Gasteiger partial charge < -0.3 is 9.30 Å². The molecule has 7 heteroatoms. The molecule has 0 saturated carbocycles. The lowest BCUT2D eigenvalue weighted by molar-refractivity contribution is -0.117. The molecule has 3 aromatic rings. The van der Waals surface area contributed by atoms with Gasteiger partial charge in [0.15, 0.2) is 4.80 Å². The number of thiazole rings is 1. The van der Waals surface area contributed by atoms with Crippen LogP contribution < -0.4 is 4.80 Å². The molecule has 2 aromatic carbocycles. The van der Waals surface area contributed by atoms with E-state index in [0.29, 0.717) is 28.5 Å². The summed E-state index contributed by atoms with van der Waals surface area (Å²) in [6.45, 7) is 0.823. The quantitative estimate of drug-likeness (QED) is 0.677. The number of rotatable bonds is 5. The minimum atomic E-state index is -0.337. The van der Waals surface area contributed by atoms with E-state index < -0.39 is 0 Å². The highest BCUT2D eigenvalue weighted by Gasteiger charge is 2.12. The van der Waals surface area contributed by atoms with Crippen molar-refractivity contribution in [2.24, 2.45) is 4.99 Å². The maximum Gasteiger partial charge on any atom is 0.252 e. The average molecular weight is 379 g/mol. The second-order valence-corrected chi connectivity index (χ2v) is 6.87. The molecular weight excluding hydrogens is 363 g/mol. The standard InChI is InChI=1S/C18H16ClFN2O2S/c1-24-10-9-22-17-14(20)3-2-4-15(17)25-18(22)21-16(23)11-12-5-7-13(19)8-6-12/h2-8H,9-11H2,1H3. The van der Waals surface area contributed by atoms with Gasteiger partial charge in [-0.25, -0.2) is 4.39 Å². The molecule has 0 bridgehead atoms. The van der Waals surface area contributed by atoms with Gasteiger partial charge in [-0.1, -0.05) is 41.1 Å². The lowest BCUT2D eigenvalue weighted by Gasteiger charge is -2.05. The Morgan fingerprint density at radius 1 is 1.28 bits per heavy atom. The molecule has 0 aliphatic rings. The van der Waals surface area contributed by atoms with Gasteiger partial charge in [0, 0.05) is 18.7 Å². The van der Waals surface area contributed by atoms with Gasteiger partial charge in [-0.3, -0.25) is 4.79 Å². The summed E-state index contributed by atoms with van der Waals surface area (Å²) in [6.07, 6.45) is 0.165. The van der Waals surface area contributed by atoms with Crippen LogP contribution in [0.3, 0.4) is 0 Å². The molecule has 1 heterocycles. The van der Waals surface area contributed by atoms with Crippen LogP contribution in [-0.2, 0) is 22.5 Å². The smallest absolute Gasteiger partial charge is 0.252 e. The number of ether oxygens (including phenoxy) is 1. The van der Waals surface area contributed by atoms with Gasteiger partial charge in [0.25, 0.3) is 5.91 Å². The molecule has 3 rings (SSSR count). The fourth-order valence-corrected chi connectivity index (χ4v) is 3.70. The Bertz CT molecular complexity index is 963. The normalized spacial score (nSPS) is 12.0. The second-order valence-electron chi connectivity index (χ2n) is 5.42. The van der Waals surface area contributed by atoms with Crippen molar-refractivity contribution < 1.29 is 13.9 Å². The van der Waals surface area contributed by atoms with Crippen molar-refractivity contribution in [3.8, 4) is 0 Å². The third-order valence-electron chi connectivity index (χ3n) is 3.66. The summed E-state index contributed by atoms with van der Waals surface area (Å²) in [5.41, 5.74) is 1.27. The molecule has 4 nitrogen and oxygen atoms in total. The van der Waals surface area contributed by atoms with E-state index in [1.165, 1.54) is 17.4 Å². The van der Waals surface area contributed by atoms with Gasteiger partial charge in [0.05, 0.1) is 23.2 Å². The first kappa shape index (κ1) is 17.8. The lowest BCUT2D eigenvalue weighted by atomic mass is 10.1. The first-order valence-electron chi connectivity index (χ1n) is 7.67. The molecule has 0 spiro atoms. The van der Waals surface area contributed by atoms with Crippen molar-refractivity contribution in [3.05, 3.63) is 63.7 Å². The van der Waals surface area contributed by atoms with Crippen LogP contribution in [-0.4, -0.2) is 24.2 Å². The number of carbonyl (C=O) groups is 1.